The molecule has 0 atom stereocenters. The Morgan fingerprint density at radius 1 is 1.50 bits per heavy atom. The topological polar surface area (TPSA) is 83.0 Å². The molecule has 0 amide bonds. The number of aromatic nitrogens is 4. The average molecular weight is 250 g/mol. The number of esters is 1. The zero-order chi connectivity index (χ0) is 13.1. The van der Waals surface area contributed by atoms with Crippen molar-refractivity contribution in [2.45, 2.75) is 27.3 Å². The van der Waals surface area contributed by atoms with Crippen molar-refractivity contribution in [2.24, 2.45) is 0 Å². The van der Waals surface area contributed by atoms with E-state index in [1.807, 2.05) is 19.9 Å². The SMILES string of the molecule is CCOC(=O)c1noc(-c2cc(C)nn2CC)n1. The van der Waals surface area contributed by atoms with Crippen LogP contribution in [0.3, 0.4) is 0 Å². The first-order valence-electron chi connectivity index (χ1n) is 5.71. The van der Waals surface area contributed by atoms with E-state index in [4.69, 9.17) is 9.26 Å². The maximum absolute atomic E-state index is 11.4. The van der Waals surface area contributed by atoms with Gasteiger partial charge >= 0.3 is 5.97 Å². The van der Waals surface area contributed by atoms with Gasteiger partial charge in [-0.3, -0.25) is 4.68 Å². The molecule has 0 N–H and O–H groups in total. The van der Waals surface area contributed by atoms with Crippen molar-refractivity contribution in [2.75, 3.05) is 6.61 Å². The summed E-state index contributed by atoms with van der Waals surface area (Å²) in [5.74, 6) is -0.402. The number of rotatable bonds is 4. The van der Waals surface area contributed by atoms with Crippen molar-refractivity contribution in [3.63, 3.8) is 0 Å². The maximum Gasteiger partial charge on any atom is 0.379 e. The lowest BCUT2D eigenvalue weighted by Crippen LogP contribution is -2.06. The minimum atomic E-state index is -0.591. The second-order valence-electron chi connectivity index (χ2n) is 3.63. The molecule has 0 aromatic carbocycles. The number of aryl methyl sites for hydroxylation is 2. The molecule has 18 heavy (non-hydrogen) atoms. The van der Waals surface area contributed by atoms with Gasteiger partial charge in [0.15, 0.2) is 0 Å². The fourth-order valence-corrected chi connectivity index (χ4v) is 1.56. The second-order valence-corrected chi connectivity index (χ2v) is 3.63. The van der Waals surface area contributed by atoms with Gasteiger partial charge in [-0.1, -0.05) is 0 Å². The smallest absolute Gasteiger partial charge is 0.379 e. The summed E-state index contributed by atoms with van der Waals surface area (Å²) in [6.07, 6.45) is 0. The van der Waals surface area contributed by atoms with Crippen molar-refractivity contribution in [3.8, 4) is 11.6 Å². The third kappa shape index (κ3) is 2.24. The molecular formula is C11H14N4O3. The van der Waals surface area contributed by atoms with Crippen molar-refractivity contribution in [1.29, 1.82) is 0 Å². The van der Waals surface area contributed by atoms with Gasteiger partial charge in [-0.2, -0.15) is 10.1 Å². The minimum Gasteiger partial charge on any atom is -0.460 e. The zero-order valence-electron chi connectivity index (χ0n) is 10.5. The third-order valence-electron chi connectivity index (χ3n) is 2.30. The Balaban J connectivity index is 2.31. The lowest BCUT2D eigenvalue weighted by molar-refractivity contribution is 0.0508. The molecule has 96 valence electrons. The van der Waals surface area contributed by atoms with E-state index in [0.717, 1.165) is 5.69 Å². The number of carbonyl (C=O) groups is 1. The Morgan fingerprint density at radius 2 is 2.28 bits per heavy atom. The summed E-state index contributed by atoms with van der Waals surface area (Å²) in [7, 11) is 0. The molecule has 2 aromatic heterocycles. The number of nitrogens with zero attached hydrogens (tertiary/aromatic N) is 4. The molecule has 0 fully saturated rings. The van der Waals surface area contributed by atoms with E-state index in [9.17, 15) is 4.79 Å². The molecule has 7 heteroatoms. The summed E-state index contributed by atoms with van der Waals surface area (Å²) >= 11 is 0. The Morgan fingerprint density at radius 3 is 2.94 bits per heavy atom. The summed E-state index contributed by atoms with van der Waals surface area (Å²) in [5, 5.41) is 7.86. The molecule has 0 aliphatic heterocycles. The highest BCUT2D eigenvalue weighted by Crippen LogP contribution is 2.18. The van der Waals surface area contributed by atoms with Gasteiger partial charge < -0.3 is 9.26 Å². The molecule has 0 bridgehead atoms. The molecule has 0 spiro atoms. The molecule has 0 saturated heterocycles. The zero-order valence-corrected chi connectivity index (χ0v) is 10.5. The first-order chi connectivity index (χ1) is 8.65. The van der Waals surface area contributed by atoms with E-state index >= 15 is 0 Å². The van der Waals surface area contributed by atoms with Crippen molar-refractivity contribution in [1.82, 2.24) is 19.9 Å². The van der Waals surface area contributed by atoms with Crippen LogP contribution in [-0.4, -0.2) is 32.5 Å². The molecular weight excluding hydrogens is 236 g/mol. The van der Waals surface area contributed by atoms with Crippen LogP contribution in [0.1, 0.15) is 30.2 Å². The monoisotopic (exact) mass is 250 g/mol. The molecule has 0 aliphatic carbocycles. The van der Waals surface area contributed by atoms with Crippen LogP contribution in [0.4, 0.5) is 0 Å². The fourth-order valence-electron chi connectivity index (χ4n) is 1.56. The van der Waals surface area contributed by atoms with Gasteiger partial charge in [-0.25, -0.2) is 4.79 Å². The highest BCUT2D eigenvalue weighted by Gasteiger charge is 2.19. The van der Waals surface area contributed by atoms with Crippen LogP contribution in [0.25, 0.3) is 11.6 Å². The fraction of sp³-hybridized carbons (Fsp3) is 0.455. The van der Waals surface area contributed by atoms with E-state index in [1.165, 1.54) is 0 Å². The largest absolute Gasteiger partial charge is 0.460 e. The van der Waals surface area contributed by atoms with E-state index < -0.39 is 5.97 Å². The van der Waals surface area contributed by atoms with Gasteiger partial charge in [0.1, 0.15) is 5.69 Å². The summed E-state index contributed by atoms with van der Waals surface area (Å²) in [5.41, 5.74) is 1.54. The van der Waals surface area contributed by atoms with Gasteiger partial charge in [0.05, 0.1) is 12.3 Å². The molecule has 7 nitrogen and oxygen atoms in total. The second kappa shape index (κ2) is 4.99. The molecule has 0 unspecified atom stereocenters. The van der Waals surface area contributed by atoms with E-state index in [-0.39, 0.29) is 18.3 Å². The van der Waals surface area contributed by atoms with Crippen LogP contribution < -0.4 is 0 Å². The van der Waals surface area contributed by atoms with E-state index in [0.29, 0.717) is 12.2 Å². The predicted octanol–water partition coefficient (Wildman–Crippen LogP) is 1.44. The van der Waals surface area contributed by atoms with Crippen LogP contribution in [0.15, 0.2) is 10.6 Å². The third-order valence-corrected chi connectivity index (χ3v) is 2.30. The molecule has 0 saturated carbocycles. The summed E-state index contributed by atoms with van der Waals surface area (Å²) in [6.45, 7) is 6.50. The number of hydrogen-bond donors (Lipinski definition) is 0. The summed E-state index contributed by atoms with van der Waals surface area (Å²) in [6, 6.07) is 1.83. The molecule has 0 aliphatic rings. The first kappa shape index (κ1) is 12.3. The minimum absolute atomic E-state index is 0.0756. The van der Waals surface area contributed by atoms with Gasteiger partial charge in [-0.05, 0) is 32.0 Å². The highest BCUT2D eigenvalue weighted by molar-refractivity contribution is 5.85. The van der Waals surface area contributed by atoms with Crippen molar-refractivity contribution >= 4 is 5.97 Å². The summed E-state index contributed by atoms with van der Waals surface area (Å²) in [4.78, 5) is 15.4. The quantitative estimate of drug-likeness (QED) is 0.763. The summed E-state index contributed by atoms with van der Waals surface area (Å²) < 4.78 is 11.6. The standard InChI is InChI=1S/C11H14N4O3/c1-4-15-8(6-7(3)13-15)10-12-9(14-18-10)11(16)17-5-2/h6H,4-5H2,1-3H3. The van der Waals surface area contributed by atoms with Crippen LogP contribution in [0.2, 0.25) is 0 Å². The van der Waals surface area contributed by atoms with Crippen LogP contribution in [-0.2, 0) is 11.3 Å². The molecule has 2 rings (SSSR count). The Hall–Kier alpha value is -2.18. The Kier molecular flexibility index (Phi) is 3.40. The van der Waals surface area contributed by atoms with Gasteiger partial charge in [0.25, 0.3) is 11.7 Å². The van der Waals surface area contributed by atoms with E-state index in [1.54, 1.807) is 11.6 Å². The van der Waals surface area contributed by atoms with Crippen molar-refractivity contribution in [3.05, 3.63) is 17.6 Å². The molecule has 2 heterocycles. The molecule has 0 radical (unpaired) electrons. The number of hydrogen-bond acceptors (Lipinski definition) is 6. The number of carbonyl (C=O) groups excluding carboxylic acids is 1. The van der Waals surface area contributed by atoms with Gasteiger partial charge in [-0.15, -0.1) is 0 Å². The predicted molar refractivity (Wildman–Crippen MR) is 61.9 cm³/mol. The molecule has 2 aromatic rings. The van der Waals surface area contributed by atoms with Gasteiger partial charge in [0, 0.05) is 6.54 Å². The lowest BCUT2D eigenvalue weighted by Gasteiger charge is -1.98. The van der Waals surface area contributed by atoms with Gasteiger partial charge in [0.2, 0.25) is 0 Å². The Bertz CT molecular complexity index is 558. The van der Waals surface area contributed by atoms with Crippen LogP contribution >= 0.6 is 0 Å². The normalized spacial score (nSPS) is 10.6. The Labute approximate surface area is 104 Å². The first-order valence-corrected chi connectivity index (χ1v) is 5.71. The maximum atomic E-state index is 11.4. The lowest BCUT2D eigenvalue weighted by atomic mass is 10.3. The number of ether oxygens (including phenoxy) is 1. The van der Waals surface area contributed by atoms with Crippen LogP contribution in [0.5, 0.6) is 0 Å². The highest BCUT2D eigenvalue weighted by atomic mass is 16.5. The van der Waals surface area contributed by atoms with E-state index in [2.05, 4.69) is 15.2 Å². The van der Waals surface area contributed by atoms with Crippen molar-refractivity contribution < 1.29 is 14.1 Å². The van der Waals surface area contributed by atoms with Crippen LogP contribution in [0, 0.1) is 6.92 Å². The average Bonchev–Trinajstić information content (AvgIpc) is 2.95.